The third kappa shape index (κ3) is 2.01. The molecular formula is C18H19NO. The van der Waals surface area contributed by atoms with Gasteiger partial charge in [-0.25, -0.2) is 0 Å². The molecule has 1 amide bonds. The summed E-state index contributed by atoms with van der Waals surface area (Å²) >= 11 is 0. The summed E-state index contributed by atoms with van der Waals surface area (Å²) in [4.78, 5) is 14.7. The smallest absolute Gasteiger partial charge is 0.258 e. The van der Waals surface area contributed by atoms with Crippen LogP contribution in [0.2, 0.25) is 0 Å². The maximum absolute atomic E-state index is 12.8. The topological polar surface area (TPSA) is 20.3 Å². The molecular weight excluding hydrogens is 246 g/mol. The van der Waals surface area contributed by atoms with Gasteiger partial charge in [-0.1, -0.05) is 24.3 Å². The van der Waals surface area contributed by atoms with Crippen molar-refractivity contribution in [3.05, 3.63) is 64.7 Å². The van der Waals surface area contributed by atoms with Crippen LogP contribution in [-0.4, -0.2) is 11.9 Å². The average Bonchev–Trinajstić information content (AvgIpc) is 2.77. The number of carbonyl (C=O) groups excluding carboxylic acids is 1. The highest BCUT2D eigenvalue weighted by Gasteiger charge is 2.31. The van der Waals surface area contributed by atoms with Crippen LogP contribution in [0.15, 0.2) is 42.5 Å². The van der Waals surface area contributed by atoms with Gasteiger partial charge in [0.1, 0.15) is 0 Å². The maximum Gasteiger partial charge on any atom is 0.258 e. The van der Waals surface area contributed by atoms with Crippen molar-refractivity contribution in [2.24, 2.45) is 0 Å². The van der Waals surface area contributed by atoms with Gasteiger partial charge in [0.05, 0.1) is 0 Å². The lowest BCUT2D eigenvalue weighted by atomic mass is 10.1. The number of para-hydroxylation sites is 1. The molecule has 0 saturated heterocycles. The molecule has 0 unspecified atom stereocenters. The molecule has 0 bridgehead atoms. The highest BCUT2D eigenvalue weighted by atomic mass is 16.2. The summed E-state index contributed by atoms with van der Waals surface area (Å²) in [5.41, 5.74) is 5.48. The van der Waals surface area contributed by atoms with Crippen LogP contribution >= 0.6 is 0 Å². The number of hydrogen-bond acceptors (Lipinski definition) is 1. The number of nitrogens with zero attached hydrogens (tertiary/aromatic N) is 1. The van der Waals surface area contributed by atoms with Crippen LogP contribution in [0.5, 0.6) is 0 Å². The fourth-order valence-electron chi connectivity index (χ4n) is 2.89. The Bertz CT molecular complexity index is 675. The zero-order chi connectivity index (χ0) is 14.3. The van der Waals surface area contributed by atoms with E-state index in [9.17, 15) is 4.79 Å². The molecule has 2 aromatic rings. The van der Waals surface area contributed by atoms with Crippen molar-refractivity contribution in [1.82, 2.24) is 0 Å². The third-order valence-electron chi connectivity index (χ3n) is 4.18. The quantitative estimate of drug-likeness (QED) is 0.766. The zero-order valence-electron chi connectivity index (χ0n) is 12.2. The summed E-state index contributed by atoms with van der Waals surface area (Å²) in [6, 6.07) is 14.4. The molecule has 1 aliphatic heterocycles. The third-order valence-corrected chi connectivity index (χ3v) is 4.18. The number of hydrogen-bond donors (Lipinski definition) is 0. The summed E-state index contributed by atoms with van der Waals surface area (Å²) in [6.45, 7) is 6.23. The van der Waals surface area contributed by atoms with Gasteiger partial charge >= 0.3 is 0 Å². The molecule has 0 saturated carbocycles. The Balaban J connectivity index is 2.00. The van der Waals surface area contributed by atoms with Crippen molar-refractivity contribution in [3.8, 4) is 0 Å². The van der Waals surface area contributed by atoms with Crippen LogP contribution in [0, 0.1) is 13.8 Å². The highest BCUT2D eigenvalue weighted by molar-refractivity contribution is 6.07. The molecule has 2 aromatic carbocycles. The van der Waals surface area contributed by atoms with E-state index in [-0.39, 0.29) is 11.9 Å². The SMILES string of the molecule is Cc1ccc(C(=O)N2c3ccccc3C[C@H]2C)cc1C. The van der Waals surface area contributed by atoms with E-state index in [1.54, 1.807) is 0 Å². The Morgan fingerprint density at radius 3 is 2.60 bits per heavy atom. The van der Waals surface area contributed by atoms with Crippen molar-refractivity contribution in [2.75, 3.05) is 4.90 Å². The van der Waals surface area contributed by atoms with Crippen LogP contribution in [-0.2, 0) is 6.42 Å². The normalized spacial score (nSPS) is 17.1. The van der Waals surface area contributed by atoms with Gasteiger partial charge in [0.15, 0.2) is 0 Å². The second kappa shape index (κ2) is 4.78. The van der Waals surface area contributed by atoms with Crippen molar-refractivity contribution in [2.45, 2.75) is 33.2 Å². The van der Waals surface area contributed by atoms with Crippen LogP contribution in [0.1, 0.15) is 34.0 Å². The number of rotatable bonds is 1. The van der Waals surface area contributed by atoms with Gasteiger partial charge in [-0.15, -0.1) is 0 Å². The van der Waals surface area contributed by atoms with Crippen molar-refractivity contribution in [3.63, 3.8) is 0 Å². The minimum atomic E-state index is 0.102. The van der Waals surface area contributed by atoms with E-state index in [1.165, 1.54) is 11.1 Å². The Morgan fingerprint density at radius 1 is 1.10 bits per heavy atom. The van der Waals surface area contributed by atoms with Gasteiger partial charge in [-0.3, -0.25) is 4.79 Å². The number of anilines is 1. The maximum atomic E-state index is 12.8. The second-order valence-electron chi connectivity index (χ2n) is 5.66. The lowest BCUT2D eigenvalue weighted by Crippen LogP contribution is -2.35. The van der Waals surface area contributed by atoms with E-state index in [1.807, 2.05) is 48.2 Å². The Kier molecular flexibility index (Phi) is 3.09. The summed E-state index contributed by atoms with van der Waals surface area (Å²) in [5.74, 6) is 0.102. The van der Waals surface area contributed by atoms with Crippen molar-refractivity contribution < 1.29 is 4.79 Å². The first-order valence-electron chi connectivity index (χ1n) is 7.06. The predicted molar refractivity (Wildman–Crippen MR) is 82.3 cm³/mol. The first-order valence-corrected chi connectivity index (χ1v) is 7.06. The fourth-order valence-corrected chi connectivity index (χ4v) is 2.89. The Hall–Kier alpha value is -2.09. The van der Waals surface area contributed by atoms with Crippen LogP contribution in [0.25, 0.3) is 0 Å². The summed E-state index contributed by atoms with van der Waals surface area (Å²) in [7, 11) is 0. The van der Waals surface area contributed by atoms with Crippen LogP contribution < -0.4 is 4.90 Å². The van der Waals surface area contributed by atoms with E-state index in [0.717, 1.165) is 23.2 Å². The molecule has 0 fully saturated rings. The Labute approximate surface area is 120 Å². The lowest BCUT2D eigenvalue weighted by molar-refractivity contribution is 0.0981. The minimum absolute atomic E-state index is 0.102. The van der Waals surface area contributed by atoms with Crippen LogP contribution in [0.3, 0.4) is 0 Å². The average molecular weight is 265 g/mol. The van der Waals surface area contributed by atoms with Gasteiger partial charge in [0.25, 0.3) is 5.91 Å². The van der Waals surface area contributed by atoms with Gasteiger partial charge in [0.2, 0.25) is 0 Å². The standard InChI is InChI=1S/C18H19NO/c1-12-8-9-16(10-13(12)2)18(20)19-14(3)11-15-6-4-5-7-17(15)19/h4-10,14H,11H2,1-3H3/t14-/m1/s1. The van der Waals surface area contributed by atoms with Crippen molar-refractivity contribution in [1.29, 1.82) is 0 Å². The molecule has 3 rings (SSSR count). The second-order valence-corrected chi connectivity index (χ2v) is 5.66. The minimum Gasteiger partial charge on any atom is -0.305 e. The molecule has 0 spiro atoms. The van der Waals surface area contributed by atoms with Gasteiger partial charge in [-0.2, -0.15) is 0 Å². The van der Waals surface area contributed by atoms with E-state index < -0.39 is 0 Å². The van der Waals surface area contributed by atoms with Gasteiger partial charge < -0.3 is 4.90 Å². The highest BCUT2D eigenvalue weighted by Crippen LogP contribution is 2.33. The molecule has 20 heavy (non-hydrogen) atoms. The van der Waals surface area contributed by atoms with E-state index >= 15 is 0 Å². The molecule has 0 aliphatic carbocycles. The van der Waals surface area contributed by atoms with E-state index in [4.69, 9.17) is 0 Å². The first kappa shape index (κ1) is 12.9. The van der Waals surface area contributed by atoms with Gasteiger partial charge in [0, 0.05) is 17.3 Å². The summed E-state index contributed by atoms with van der Waals surface area (Å²) < 4.78 is 0. The largest absolute Gasteiger partial charge is 0.305 e. The molecule has 2 nitrogen and oxygen atoms in total. The number of benzene rings is 2. The predicted octanol–water partition coefficient (Wildman–Crippen LogP) is 3.89. The fraction of sp³-hybridized carbons (Fsp3) is 0.278. The molecule has 1 atom stereocenters. The molecule has 102 valence electrons. The van der Waals surface area contributed by atoms with Crippen molar-refractivity contribution >= 4 is 11.6 Å². The number of aryl methyl sites for hydroxylation is 2. The zero-order valence-corrected chi connectivity index (χ0v) is 12.2. The molecule has 0 N–H and O–H groups in total. The van der Waals surface area contributed by atoms with Crippen LogP contribution in [0.4, 0.5) is 5.69 Å². The molecule has 1 aliphatic rings. The summed E-state index contributed by atoms with van der Waals surface area (Å²) in [6.07, 6.45) is 0.937. The number of amides is 1. The lowest BCUT2D eigenvalue weighted by Gasteiger charge is -2.23. The monoisotopic (exact) mass is 265 g/mol. The Morgan fingerprint density at radius 2 is 1.85 bits per heavy atom. The summed E-state index contributed by atoms with van der Waals surface area (Å²) in [5, 5.41) is 0. The molecule has 1 heterocycles. The molecule has 0 radical (unpaired) electrons. The van der Waals surface area contributed by atoms with Gasteiger partial charge in [-0.05, 0) is 62.1 Å². The molecule has 0 aromatic heterocycles. The van der Waals surface area contributed by atoms with E-state index in [0.29, 0.717) is 0 Å². The molecule has 2 heteroatoms. The van der Waals surface area contributed by atoms with E-state index in [2.05, 4.69) is 19.9 Å². The first-order chi connectivity index (χ1) is 9.58. The number of carbonyl (C=O) groups is 1. The number of fused-ring (bicyclic) bond motifs is 1.